The summed E-state index contributed by atoms with van der Waals surface area (Å²) in [5.74, 6) is 2.13. The Hall–Kier alpha value is -2.32. The van der Waals surface area contributed by atoms with Crippen molar-refractivity contribution < 1.29 is 0 Å². The number of nitrogens with zero attached hydrogens (tertiary/aromatic N) is 6. The van der Waals surface area contributed by atoms with Gasteiger partial charge in [0.25, 0.3) is 0 Å². The molecule has 26 heavy (non-hydrogen) atoms. The van der Waals surface area contributed by atoms with E-state index in [0.29, 0.717) is 0 Å². The molecule has 0 bridgehead atoms. The van der Waals surface area contributed by atoms with E-state index in [9.17, 15) is 0 Å². The van der Waals surface area contributed by atoms with Crippen molar-refractivity contribution >= 4 is 54.7 Å². The highest BCUT2D eigenvalue weighted by atomic mass is 32.1. The molecule has 0 atom stereocenters. The molecule has 1 aliphatic heterocycles. The number of aromatic nitrogens is 4. The molecule has 0 unspecified atom stereocenters. The summed E-state index contributed by atoms with van der Waals surface area (Å²) < 4.78 is 2.38. The first-order valence-electron chi connectivity index (χ1n) is 8.60. The summed E-state index contributed by atoms with van der Waals surface area (Å²) in [6.07, 6.45) is 3.37. The average Bonchev–Trinajstić information content (AvgIpc) is 3.25. The summed E-state index contributed by atoms with van der Waals surface area (Å²) in [4.78, 5) is 22.8. The van der Waals surface area contributed by atoms with Crippen LogP contribution in [0.15, 0.2) is 23.4 Å². The second-order valence-corrected chi connectivity index (χ2v) is 8.32. The van der Waals surface area contributed by atoms with Crippen molar-refractivity contribution in [3.63, 3.8) is 0 Å². The molecule has 1 aliphatic rings. The summed E-state index contributed by atoms with van der Waals surface area (Å²) in [5, 5.41) is 4.33. The molecule has 5 rings (SSSR count). The Morgan fingerprint density at radius 2 is 1.12 bits per heavy atom. The van der Waals surface area contributed by atoms with Gasteiger partial charge in [-0.2, -0.15) is 0 Å². The van der Waals surface area contributed by atoms with Crippen LogP contribution in [0.5, 0.6) is 0 Å². The molecule has 5 heterocycles. The predicted octanol–water partition coefficient (Wildman–Crippen LogP) is 3.64. The van der Waals surface area contributed by atoms with E-state index in [2.05, 4.69) is 54.3 Å². The molecule has 6 nitrogen and oxygen atoms in total. The molecular formula is C18H18N6S2. The Kier molecular flexibility index (Phi) is 3.75. The second-order valence-electron chi connectivity index (χ2n) is 6.56. The fourth-order valence-corrected chi connectivity index (χ4v) is 5.53. The lowest BCUT2D eigenvalue weighted by molar-refractivity contribution is 0.645. The zero-order valence-electron chi connectivity index (χ0n) is 14.6. The lowest BCUT2D eigenvalue weighted by Crippen LogP contribution is -2.47. The highest BCUT2D eigenvalue weighted by Crippen LogP contribution is 2.33. The normalized spacial score (nSPS) is 15.3. The van der Waals surface area contributed by atoms with Gasteiger partial charge in [0.1, 0.15) is 24.3 Å². The lowest BCUT2D eigenvalue weighted by Gasteiger charge is -2.36. The molecule has 0 aliphatic carbocycles. The fourth-order valence-electron chi connectivity index (χ4n) is 3.49. The van der Waals surface area contributed by atoms with Crippen molar-refractivity contribution in [1.82, 2.24) is 19.9 Å². The van der Waals surface area contributed by atoms with Crippen LogP contribution in [-0.4, -0.2) is 46.1 Å². The van der Waals surface area contributed by atoms with E-state index in [1.807, 2.05) is 0 Å². The first-order chi connectivity index (χ1) is 12.7. The fraction of sp³-hybridized carbons (Fsp3) is 0.333. The van der Waals surface area contributed by atoms with Gasteiger partial charge >= 0.3 is 0 Å². The van der Waals surface area contributed by atoms with Crippen LogP contribution in [0.1, 0.15) is 11.1 Å². The summed E-state index contributed by atoms with van der Waals surface area (Å²) >= 11 is 3.47. The topological polar surface area (TPSA) is 58.0 Å². The van der Waals surface area contributed by atoms with Crippen molar-refractivity contribution in [2.75, 3.05) is 36.0 Å². The first kappa shape index (κ1) is 15.9. The van der Waals surface area contributed by atoms with Gasteiger partial charge in [0.2, 0.25) is 0 Å². The Morgan fingerprint density at radius 3 is 1.54 bits per heavy atom. The maximum atomic E-state index is 4.58. The van der Waals surface area contributed by atoms with Crippen LogP contribution in [0.25, 0.3) is 20.4 Å². The van der Waals surface area contributed by atoms with Crippen LogP contribution < -0.4 is 9.80 Å². The Balaban J connectivity index is 1.42. The third-order valence-corrected chi connectivity index (χ3v) is 7.07. The van der Waals surface area contributed by atoms with Crippen molar-refractivity contribution in [2.24, 2.45) is 0 Å². The molecule has 0 radical (unpaired) electrons. The lowest BCUT2D eigenvalue weighted by atomic mass is 10.2. The zero-order valence-corrected chi connectivity index (χ0v) is 16.3. The number of fused-ring (bicyclic) bond motifs is 2. The van der Waals surface area contributed by atoms with Gasteiger partial charge in [0.15, 0.2) is 0 Å². The zero-order chi connectivity index (χ0) is 17.7. The Bertz CT molecular complexity index is 1010. The molecule has 1 saturated heterocycles. The van der Waals surface area contributed by atoms with E-state index in [4.69, 9.17) is 0 Å². The summed E-state index contributed by atoms with van der Waals surface area (Å²) in [5.41, 5.74) is 4.61. The van der Waals surface area contributed by atoms with Crippen LogP contribution >= 0.6 is 22.7 Å². The van der Waals surface area contributed by atoms with E-state index < -0.39 is 0 Å². The Labute approximate surface area is 159 Å². The number of piperazine rings is 1. The predicted molar refractivity (Wildman–Crippen MR) is 109 cm³/mol. The smallest absolute Gasteiger partial charge is 0.150 e. The molecular weight excluding hydrogens is 364 g/mol. The SMILES string of the molecule is Cc1csc2c(N3CCN(c4ncnc5c(C)csc45)CC3)ncnc12. The molecule has 1 fully saturated rings. The Morgan fingerprint density at radius 1 is 0.692 bits per heavy atom. The van der Waals surface area contributed by atoms with Crippen LogP contribution in [0.3, 0.4) is 0 Å². The van der Waals surface area contributed by atoms with Crippen molar-refractivity contribution in [2.45, 2.75) is 13.8 Å². The number of anilines is 2. The van der Waals surface area contributed by atoms with E-state index >= 15 is 0 Å². The van der Waals surface area contributed by atoms with E-state index in [1.165, 1.54) is 20.5 Å². The van der Waals surface area contributed by atoms with Crippen LogP contribution in [-0.2, 0) is 0 Å². The summed E-state index contributed by atoms with van der Waals surface area (Å²) in [6.45, 7) is 7.93. The third kappa shape index (κ3) is 2.44. The molecule has 132 valence electrons. The van der Waals surface area contributed by atoms with Crippen molar-refractivity contribution in [3.8, 4) is 0 Å². The molecule has 4 aromatic heterocycles. The molecule has 0 saturated carbocycles. The molecule has 0 N–H and O–H groups in total. The maximum absolute atomic E-state index is 4.58. The van der Waals surface area contributed by atoms with Crippen LogP contribution in [0.2, 0.25) is 0 Å². The van der Waals surface area contributed by atoms with Crippen LogP contribution in [0.4, 0.5) is 11.6 Å². The third-order valence-electron chi connectivity index (χ3n) is 4.90. The van der Waals surface area contributed by atoms with Gasteiger partial charge in [-0.15, -0.1) is 22.7 Å². The molecule has 0 amide bonds. The monoisotopic (exact) mass is 382 g/mol. The quantitative estimate of drug-likeness (QED) is 0.528. The summed E-state index contributed by atoms with van der Waals surface area (Å²) in [6, 6.07) is 0. The van der Waals surface area contributed by atoms with Gasteiger partial charge in [-0.3, -0.25) is 0 Å². The molecule has 8 heteroatoms. The largest absolute Gasteiger partial charge is 0.352 e. The number of hydrogen-bond acceptors (Lipinski definition) is 8. The van der Waals surface area contributed by atoms with Gasteiger partial charge < -0.3 is 9.80 Å². The van der Waals surface area contributed by atoms with Gasteiger partial charge in [-0.25, -0.2) is 19.9 Å². The number of hydrogen-bond donors (Lipinski definition) is 0. The second kappa shape index (κ2) is 6.14. The van der Waals surface area contributed by atoms with E-state index in [0.717, 1.165) is 48.8 Å². The van der Waals surface area contributed by atoms with Gasteiger partial charge in [-0.05, 0) is 35.7 Å². The highest BCUT2D eigenvalue weighted by molar-refractivity contribution is 7.18. The molecule has 0 aromatic carbocycles. The highest BCUT2D eigenvalue weighted by Gasteiger charge is 2.23. The summed E-state index contributed by atoms with van der Waals surface area (Å²) in [7, 11) is 0. The van der Waals surface area contributed by atoms with Gasteiger partial charge in [0, 0.05) is 26.2 Å². The molecule has 0 spiro atoms. The van der Waals surface area contributed by atoms with Crippen LogP contribution in [0, 0.1) is 13.8 Å². The van der Waals surface area contributed by atoms with Gasteiger partial charge in [-0.1, -0.05) is 0 Å². The van der Waals surface area contributed by atoms with Crippen molar-refractivity contribution in [3.05, 3.63) is 34.5 Å². The standard InChI is InChI=1S/C18H18N6S2/c1-11-7-25-15-13(11)19-9-21-17(15)23-3-5-24(6-4-23)18-16-14(20-10-22-18)12(2)8-26-16/h7-10H,3-6H2,1-2H3. The van der Waals surface area contributed by atoms with E-state index in [1.54, 1.807) is 35.3 Å². The number of rotatable bonds is 2. The minimum absolute atomic E-state index is 0.929. The molecule has 4 aromatic rings. The number of aryl methyl sites for hydroxylation is 2. The maximum Gasteiger partial charge on any atom is 0.150 e. The van der Waals surface area contributed by atoms with E-state index in [-0.39, 0.29) is 0 Å². The number of thiophene rings is 2. The van der Waals surface area contributed by atoms with Crippen molar-refractivity contribution in [1.29, 1.82) is 0 Å². The minimum Gasteiger partial charge on any atom is -0.352 e. The minimum atomic E-state index is 0.929. The van der Waals surface area contributed by atoms with Gasteiger partial charge in [0.05, 0.1) is 20.4 Å². The first-order valence-corrected chi connectivity index (χ1v) is 10.4. The average molecular weight is 383 g/mol.